The van der Waals surface area contributed by atoms with Crippen molar-refractivity contribution in [3.8, 4) is 11.5 Å². The summed E-state index contributed by atoms with van der Waals surface area (Å²) in [4.78, 5) is 12.1. The minimum absolute atomic E-state index is 0. The van der Waals surface area contributed by atoms with Gasteiger partial charge in [0.2, 0.25) is 5.91 Å². The van der Waals surface area contributed by atoms with Gasteiger partial charge in [-0.2, -0.15) is 0 Å². The van der Waals surface area contributed by atoms with Crippen LogP contribution in [0.15, 0.2) is 46.9 Å². The number of carbonyl (C=O) groups is 1. The fraction of sp³-hybridized carbons (Fsp3) is 0.278. The number of amides is 1. The molecule has 3 N–H and O–H groups in total. The fourth-order valence-electron chi connectivity index (χ4n) is 2.16. The molecule has 0 bridgehead atoms. The van der Waals surface area contributed by atoms with Crippen molar-refractivity contribution in [3.63, 3.8) is 0 Å². The predicted octanol–water partition coefficient (Wildman–Crippen LogP) is 3.79. The molecule has 0 saturated heterocycles. The Hall–Kier alpha value is -1.76. The maximum Gasteiger partial charge on any atom is 0.224 e. The normalized spacial score (nSPS) is 9.88. The van der Waals surface area contributed by atoms with Crippen molar-refractivity contribution >= 4 is 39.9 Å². The Labute approximate surface area is 162 Å². The average Bonchev–Trinajstić information content (AvgIpc) is 2.59. The van der Waals surface area contributed by atoms with Gasteiger partial charge in [0, 0.05) is 18.7 Å². The van der Waals surface area contributed by atoms with Crippen molar-refractivity contribution in [2.75, 3.05) is 25.6 Å². The van der Waals surface area contributed by atoms with Crippen molar-refractivity contribution in [2.45, 2.75) is 12.8 Å². The highest BCUT2D eigenvalue weighted by Crippen LogP contribution is 2.26. The SMILES string of the molecule is COc1ccc(CCC(=O)Nc2ccc(OCCN)cc2)cc1Br.Cl. The molecule has 0 spiro atoms. The van der Waals surface area contributed by atoms with Crippen LogP contribution in [-0.2, 0) is 11.2 Å². The zero-order chi connectivity index (χ0) is 17.4. The number of methoxy groups -OCH3 is 1. The summed E-state index contributed by atoms with van der Waals surface area (Å²) in [5.74, 6) is 1.49. The molecule has 2 aromatic carbocycles. The standard InChI is InChI=1S/C18H21BrN2O3.ClH/c1-23-17-8-2-13(12-16(17)19)3-9-18(22)21-14-4-6-15(7-5-14)24-11-10-20;/h2,4-8,12H,3,9-11,20H2,1H3,(H,21,22);1H. The first kappa shape index (κ1) is 21.3. The van der Waals surface area contributed by atoms with Crippen molar-refractivity contribution in [1.82, 2.24) is 0 Å². The third-order valence-electron chi connectivity index (χ3n) is 3.38. The Morgan fingerprint density at radius 1 is 1.20 bits per heavy atom. The molecule has 25 heavy (non-hydrogen) atoms. The molecule has 0 fully saturated rings. The van der Waals surface area contributed by atoms with Crippen LogP contribution in [0.3, 0.4) is 0 Å². The van der Waals surface area contributed by atoms with Gasteiger partial charge < -0.3 is 20.5 Å². The molecule has 0 unspecified atom stereocenters. The minimum atomic E-state index is -0.0300. The number of hydrogen-bond donors (Lipinski definition) is 2. The molecule has 0 saturated carbocycles. The Balaban J connectivity index is 0.00000312. The Morgan fingerprint density at radius 2 is 1.92 bits per heavy atom. The lowest BCUT2D eigenvalue weighted by Gasteiger charge is -2.08. The van der Waals surface area contributed by atoms with Crippen LogP contribution >= 0.6 is 28.3 Å². The van der Waals surface area contributed by atoms with Crippen LogP contribution in [-0.4, -0.2) is 26.2 Å². The first-order chi connectivity index (χ1) is 11.6. The van der Waals surface area contributed by atoms with E-state index in [0.717, 1.165) is 27.2 Å². The molecule has 0 aromatic heterocycles. The molecule has 7 heteroatoms. The fourth-order valence-corrected chi connectivity index (χ4v) is 2.75. The van der Waals surface area contributed by atoms with Gasteiger partial charge in [-0.05, 0) is 64.3 Å². The van der Waals surface area contributed by atoms with E-state index in [4.69, 9.17) is 15.2 Å². The number of rotatable bonds is 8. The van der Waals surface area contributed by atoms with Gasteiger partial charge in [-0.3, -0.25) is 4.79 Å². The summed E-state index contributed by atoms with van der Waals surface area (Å²) in [6.45, 7) is 0.948. The number of hydrogen-bond acceptors (Lipinski definition) is 4. The Kier molecular flexibility index (Phi) is 9.34. The van der Waals surface area contributed by atoms with E-state index < -0.39 is 0 Å². The topological polar surface area (TPSA) is 73.6 Å². The van der Waals surface area contributed by atoms with Crippen LogP contribution < -0.4 is 20.5 Å². The average molecular weight is 430 g/mol. The molecular formula is C18H22BrClN2O3. The van der Waals surface area contributed by atoms with E-state index in [2.05, 4.69) is 21.2 Å². The summed E-state index contributed by atoms with van der Waals surface area (Å²) in [5.41, 5.74) is 7.21. The molecule has 0 aliphatic carbocycles. The van der Waals surface area contributed by atoms with E-state index in [-0.39, 0.29) is 18.3 Å². The monoisotopic (exact) mass is 428 g/mol. The second-order valence-electron chi connectivity index (χ2n) is 5.18. The molecular weight excluding hydrogens is 408 g/mol. The lowest BCUT2D eigenvalue weighted by Crippen LogP contribution is -2.12. The molecule has 1 amide bonds. The smallest absolute Gasteiger partial charge is 0.224 e. The number of anilines is 1. The number of ether oxygens (including phenoxy) is 2. The third-order valence-corrected chi connectivity index (χ3v) is 4.00. The van der Waals surface area contributed by atoms with Gasteiger partial charge in [-0.25, -0.2) is 0 Å². The third kappa shape index (κ3) is 6.94. The highest BCUT2D eigenvalue weighted by molar-refractivity contribution is 9.10. The summed E-state index contributed by atoms with van der Waals surface area (Å²) < 4.78 is 11.5. The highest BCUT2D eigenvalue weighted by atomic mass is 79.9. The quantitative estimate of drug-likeness (QED) is 0.669. The number of carbonyl (C=O) groups excluding carboxylic acids is 1. The van der Waals surface area contributed by atoms with Crippen molar-refractivity contribution < 1.29 is 14.3 Å². The number of aryl methyl sites for hydroxylation is 1. The molecule has 5 nitrogen and oxygen atoms in total. The predicted molar refractivity (Wildman–Crippen MR) is 106 cm³/mol. The molecule has 0 heterocycles. The minimum Gasteiger partial charge on any atom is -0.496 e. The van der Waals surface area contributed by atoms with Crippen LogP contribution in [0.25, 0.3) is 0 Å². The lowest BCUT2D eigenvalue weighted by molar-refractivity contribution is -0.116. The van der Waals surface area contributed by atoms with Gasteiger partial charge in [0.15, 0.2) is 0 Å². The van der Waals surface area contributed by atoms with Gasteiger partial charge in [-0.1, -0.05) is 6.07 Å². The number of nitrogens with two attached hydrogens (primary N) is 1. The number of nitrogens with one attached hydrogen (secondary N) is 1. The Morgan fingerprint density at radius 3 is 2.52 bits per heavy atom. The molecule has 0 aliphatic rings. The summed E-state index contributed by atoms with van der Waals surface area (Å²) in [6, 6.07) is 13.1. The first-order valence-electron chi connectivity index (χ1n) is 7.67. The summed E-state index contributed by atoms with van der Waals surface area (Å²) in [5, 5.41) is 2.88. The van der Waals surface area contributed by atoms with Crippen LogP contribution in [0.1, 0.15) is 12.0 Å². The second-order valence-corrected chi connectivity index (χ2v) is 6.03. The maximum absolute atomic E-state index is 12.1. The van der Waals surface area contributed by atoms with Gasteiger partial charge in [0.05, 0.1) is 11.6 Å². The number of benzene rings is 2. The van der Waals surface area contributed by atoms with Gasteiger partial charge in [0.1, 0.15) is 18.1 Å². The molecule has 0 atom stereocenters. The molecule has 0 aliphatic heterocycles. The van der Waals surface area contributed by atoms with Crippen molar-refractivity contribution in [2.24, 2.45) is 5.73 Å². The largest absolute Gasteiger partial charge is 0.496 e. The molecule has 136 valence electrons. The van der Waals surface area contributed by atoms with Crippen LogP contribution in [0.2, 0.25) is 0 Å². The number of halogens is 2. The highest BCUT2D eigenvalue weighted by Gasteiger charge is 2.06. The van der Waals surface area contributed by atoms with Gasteiger partial charge in [-0.15, -0.1) is 12.4 Å². The zero-order valence-corrected chi connectivity index (χ0v) is 16.4. The van der Waals surface area contributed by atoms with Gasteiger partial charge in [0.25, 0.3) is 0 Å². The summed E-state index contributed by atoms with van der Waals surface area (Å²) in [7, 11) is 1.62. The van der Waals surface area contributed by atoms with Crippen LogP contribution in [0, 0.1) is 0 Å². The summed E-state index contributed by atoms with van der Waals surface area (Å²) in [6.07, 6.45) is 1.07. The van der Waals surface area contributed by atoms with E-state index in [0.29, 0.717) is 26.0 Å². The van der Waals surface area contributed by atoms with E-state index in [9.17, 15) is 4.79 Å². The van der Waals surface area contributed by atoms with Crippen LogP contribution in [0.5, 0.6) is 11.5 Å². The van der Waals surface area contributed by atoms with E-state index in [1.54, 1.807) is 7.11 Å². The second kappa shape index (κ2) is 11.0. The molecule has 0 radical (unpaired) electrons. The van der Waals surface area contributed by atoms with Crippen molar-refractivity contribution in [3.05, 3.63) is 52.5 Å². The van der Waals surface area contributed by atoms with E-state index in [1.807, 2.05) is 42.5 Å². The first-order valence-corrected chi connectivity index (χ1v) is 8.47. The molecule has 2 rings (SSSR count). The molecule has 2 aromatic rings. The van der Waals surface area contributed by atoms with E-state index in [1.165, 1.54) is 0 Å². The lowest BCUT2D eigenvalue weighted by atomic mass is 10.1. The summed E-state index contributed by atoms with van der Waals surface area (Å²) >= 11 is 3.45. The van der Waals surface area contributed by atoms with E-state index >= 15 is 0 Å². The maximum atomic E-state index is 12.1. The Bertz CT molecular complexity index is 681. The van der Waals surface area contributed by atoms with Crippen LogP contribution in [0.4, 0.5) is 5.69 Å². The zero-order valence-electron chi connectivity index (χ0n) is 14.0. The van der Waals surface area contributed by atoms with Crippen molar-refractivity contribution in [1.29, 1.82) is 0 Å². The van der Waals surface area contributed by atoms with Gasteiger partial charge >= 0.3 is 0 Å².